The lowest BCUT2D eigenvalue weighted by atomic mass is 10.2. The van der Waals surface area contributed by atoms with E-state index in [0.29, 0.717) is 13.2 Å². The number of halogens is 1. The number of guanidine groups is 1. The zero-order valence-corrected chi connectivity index (χ0v) is 18.4. The van der Waals surface area contributed by atoms with Gasteiger partial charge in [-0.3, -0.25) is 4.99 Å². The average Bonchev–Trinajstić information content (AvgIpc) is 2.89. The van der Waals surface area contributed by atoms with Gasteiger partial charge in [0, 0.05) is 24.9 Å². The molecular weight excluding hydrogens is 447 g/mol. The number of hydrogen-bond donors (Lipinski definition) is 2. The summed E-state index contributed by atoms with van der Waals surface area (Å²) in [5.74, 6) is 1.68. The molecule has 0 radical (unpaired) electrons. The first-order valence-corrected chi connectivity index (χ1v) is 8.97. The predicted octanol–water partition coefficient (Wildman–Crippen LogP) is 3.47. The van der Waals surface area contributed by atoms with E-state index in [0.717, 1.165) is 35.4 Å². The highest BCUT2D eigenvalue weighted by molar-refractivity contribution is 14.0. The van der Waals surface area contributed by atoms with Crippen LogP contribution in [0.15, 0.2) is 29.3 Å². The van der Waals surface area contributed by atoms with Crippen LogP contribution in [0, 0.1) is 20.8 Å². The second-order valence-electron chi connectivity index (χ2n) is 5.58. The van der Waals surface area contributed by atoms with Crippen LogP contribution >= 0.6 is 35.3 Å². The number of aromatic nitrogens is 1. The van der Waals surface area contributed by atoms with Crippen LogP contribution in [0.5, 0.6) is 5.75 Å². The van der Waals surface area contributed by atoms with Crippen LogP contribution in [0.3, 0.4) is 0 Å². The molecule has 25 heavy (non-hydrogen) atoms. The second kappa shape index (κ2) is 11.3. The molecule has 1 heterocycles. The minimum Gasteiger partial charge on any atom is -0.492 e. The highest BCUT2D eigenvalue weighted by Gasteiger charge is 2.05. The third kappa shape index (κ3) is 7.60. The fourth-order valence-corrected chi connectivity index (χ4v) is 3.23. The number of aryl methyl sites for hydroxylation is 3. The normalized spacial score (nSPS) is 11.0. The van der Waals surface area contributed by atoms with Gasteiger partial charge < -0.3 is 15.4 Å². The van der Waals surface area contributed by atoms with Crippen LogP contribution in [-0.2, 0) is 6.42 Å². The molecule has 0 spiro atoms. The van der Waals surface area contributed by atoms with Crippen LogP contribution in [0.4, 0.5) is 0 Å². The molecule has 0 aliphatic rings. The monoisotopic (exact) mass is 474 g/mol. The van der Waals surface area contributed by atoms with Gasteiger partial charge in [-0.05, 0) is 32.9 Å². The van der Waals surface area contributed by atoms with Crippen LogP contribution in [0.2, 0.25) is 0 Å². The van der Waals surface area contributed by atoms with E-state index in [2.05, 4.69) is 34.5 Å². The Morgan fingerprint density at radius 3 is 2.40 bits per heavy atom. The molecule has 0 atom stereocenters. The van der Waals surface area contributed by atoms with Crippen molar-refractivity contribution in [2.75, 3.05) is 26.7 Å². The Morgan fingerprint density at radius 1 is 1.12 bits per heavy atom. The number of benzene rings is 1. The van der Waals surface area contributed by atoms with E-state index in [1.807, 2.05) is 31.2 Å². The standard InChI is InChI=1S/C18H26N4OS.HI/c1-13-5-7-16(8-6-13)23-12-11-21-18(19-4)20-10-9-17-14(2)22-15(3)24-17;/h5-8H,9-12H2,1-4H3,(H2,19,20,21);1H. The van der Waals surface area contributed by atoms with Crippen molar-refractivity contribution in [1.29, 1.82) is 0 Å². The molecular formula is C18H27IN4OS. The van der Waals surface area contributed by atoms with Crippen LogP contribution < -0.4 is 15.4 Å². The van der Waals surface area contributed by atoms with Gasteiger partial charge in [-0.2, -0.15) is 0 Å². The molecule has 0 fully saturated rings. The van der Waals surface area contributed by atoms with Crippen molar-refractivity contribution in [2.24, 2.45) is 4.99 Å². The molecule has 0 aliphatic heterocycles. The van der Waals surface area contributed by atoms with Crippen molar-refractivity contribution < 1.29 is 4.74 Å². The van der Waals surface area contributed by atoms with Gasteiger partial charge in [-0.25, -0.2) is 4.98 Å². The fourth-order valence-electron chi connectivity index (χ4n) is 2.29. The Hall–Kier alpha value is -1.35. The Kier molecular flexibility index (Phi) is 9.81. The SMILES string of the molecule is CN=C(NCCOc1ccc(C)cc1)NCCc1sc(C)nc1C.I. The maximum Gasteiger partial charge on any atom is 0.191 e. The van der Waals surface area contributed by atoms with Crippen LogP contribution in [0.25, 0.3) is 0 Å². The third-order valence-corrected chi connectivity index (χ3v) is 4.68. The average molecular weight is 474 g/mol. The number of aliphatic imine (C=N–C) groups is 1. The molecule has 0 unspecified atom stereocenters. The third-order valence-electron chi connectivity index (χ3n) is 3.55. The minimum atomic E-state index is 0. The number of thiazole rings is 1. The molecule has 1 aromatic heterocycles. The lowest BCUT2D eigenvalue weighted by Crippen LogP contribution is -2.40. The Labute approximate surface area is 171 Å². The van der Waals surface area contributed by atoms with Gasteiger partial charge in [0.25, 0.3) is 0 Å². The summed E-state index contributed by atoms with van der Waals surface area (Å²) in [5.41, 5.74) is 2.37. The van der Waals surface area contributed by atoms with E-state index in [9.17, 15) is 0 Å². The van der Waals surface area contributed by atoms with Gasteiger partial charge in [0.1, 0.15) is 12.4 Å². The summed E-state index contributed by atoms with van der Waals surface area (Å²) in [6.45, 7) is 8.30. The summed E-state index contributed by atoms with van der Waals surface area (Å²) < 4.78 is 5.70. The number of ether oxygens (including phenoxy) is 1. The van der Waals surface area contributed by atoms with Gasteiger partial charge in [0.05, 0.1) is 17.2 Å². The number of rotatable bonds is 7. The topological polar surface area (TPSA) is 58.5 Å². The number of nitrogens with one attached hydrogen (secondary N) is 2. The second-order valence-corrected chi connectivity index (χ2v) is 6.87. The molecule has 1 aromatic carbocycles. The van der Waals surface area contributed by atoms with E-state index in [4.69, 9.17) is 4.74 Å². The summed E-state index contributed by atoms with van der Waals surface area (Å²) >= 11 is 1.76. The van der Waals surface area contributed by atoms with Gasteiger partial charge in [0.2, 0.25) is 0 Å². The molecule has 0 saturated heterocycles. The summed E-state index contributed by atoms with van der Waals surface area (Å²) in [7, 11) is 1.78. The van der Waals surface area contributed by atoms with Crippen molar-refractivity contribution in [3.05, 3.63) is 45.4 Å². The fraction of sp³-hybridized carbons (Fsp3) is 0.444. The number of nitrogens with zero attached hydrogens (tertiary/aromatic N) is 2. The van der Waals surface area contributed by atoms with E-state index in [1.54, 1.807) is 18.4 Å². The summed E-state index contributed by atoms with van der Waals surface area (Å²) in [5, 5.41) is 7.70. The molecule has 0 amide bonds. The van der Waals surface area contributed by atoms with E-state index >= 15 is 0 Å². The van der Waals surface area contributed by atoms with Gasteiger partial charge in [-0.15, -0.1) is 35.3 Å². The van der Waals surface area contributed by atoms with Crippen molar-refractivity contribution in [3.8, 4) is 5.75 Å². The molecule has 138 valence electrons. The van der Waals surface area contributed by atoms with Crippen molar-refractivity contribution in [3.63, 3.8) is 0 Å². The van der Waals surface area contributed by atoms with Crippen LogP contribution in [0.1, 0.15) is 21.1 Å². The molecule has 5 nitrogen and oxygen atoms in total. The first-order chi connectivity index (χ1) is 11.6. The summed E-state index contributed by atoms with van der Waals surface area (Å²) in [6, 6.07) is 8.07. The summed E-state index contributed by atoms with van der Waals surface area (Å²) in [4.78, 5) is 10.0. The van der Waals surface area contributed by atoms with E-state index in [1.165, 1.54) is 10.4 Å². The quantitative estimate of drug-likeness (QED) is 0.279. The molecule has 2 N–H and O–H groups in total. The van der Waals surface area contributed by atoms with Gasteiger partial charge in [0.15, 0.2) is 5.96 Å². The molecule has 0 saturated carbocycles. The highest BCUT2D eigenvalue weighted by atomic mass is 127. The van der Waals surface area contributed by atoms with Crippen LogP contribution in [-0.4, -0.2) is 37.7 Å². The zero-order valence-electron chi connectivity index (χ0n) is 15.3. The van der Waals surface area contributed by atoms with E-state index < -0.39 is 0 Å². The van der Waals surface area contributed by atoms with Crippen molar-refractivity contribution in [2.45, 2.75) is 27.2 Å². The minimum absolute atomic E-state index is 0. The zero-order chi connectivity index (χ0) is 17.4. The summed E-state index contributed by atoms with van der Waals surface area (Å²) in [6.07, 6.45) is 0.956. The molecule has 2 aromatic rings. The predicted molar refractivity (Wildman–Crippen MR) is 117 cm³/mol. The van der Waals surface area contributed by atoms with E-state index in [-0.39, 0.29) is 24.0 Å². The largest absolute Gasteiger partial charge is 0.492 e. The first kappa shape index (κ1) is 21.7. The maximum absolute atomic E-state index is 5.70. The lowest BCUT2D eigenvalue weighted by Gasteiger charge is -2.12. The lowest BCUT2D eigenvalue weighted by molar-refractivity contribution is 0.322. The van der Waals surface area contributed by atoms with Gasteiger partial charge in [-0.1, -0.05) is 17.7 Å². The van der Waals surface area contributed by atoms with Gasteiger partial charge >= 0.3 is 0 Å². The Balaban J connectivity index is 0.00000312. The smallest absolute Gasteiger partial charge is 0.191 e. The molecule has 0 aliphatic carbocycles. The molecule has 7 heteroatoms. The maximum atomic E-state index is 5.70. The van der Waals surface area contributed by atoms with Crippen molar-refractivity contribution >= 4 is 41.3 Å². The van der Waals surface area contributed by atoms with Crippen molar-refractivity contribution in [1.82, 2.24) is 15.6 Å². The number of hydrogen-bond acceptors (Lipinski definition) is 4. The molecule has 0 bridgehead atoms. The Morgan fingerprint density at radius 2 is 1.80 bits per heavy atom. The molecule has 2 rings (SSSR count). The Bertz CT molecular complexity index is 670. The first-order valence-electron chi connectivity index (χ1n) is 8.15. The highest BCUT2D eigenvalue weighted by Crippen LogP contribution is 2.17.